The molecule has 0 saturated heterocycles. The van der Waals surface area contributed by atoms with Crippen LogP contribution in [-0.4, -0.2) is 30.2 Å². The molecule has 0 aliphatic heterocycles. The highest BCUT2D eigenvalue weighted by atomic mass is 35.5. The number of nitrogens with one attached hydrogen (secondary N) is 2. The van der Waals surface area contributed by atoms with Gasteiger partial charge in [-0.2, -0.15) is 13.4 Å². The van der Waals surface area contributed by atoms with Gasteiger partial charge in [-0.3, -0.25) is 9.59 Å². The molecule has 4 N–H and O–H groups in total. The number of nitrogens with zero attached hydrogens (tertiary/aromatic N) is 2. The van der Waals surface area contributed by atoms with Gasteiger partial charge in [0.2, 0.25) is 5.91 Å². The van der Waals surface area contributed by atoms with Crippen molar-refractivity contribution in [1.29, 1.82) is 0 Å². The molecule has 4 rings (SSSR count). The second-order valence-corrected chi connectivity index (χ2v) is 10.6. The third-order valence-electron chi connectivity index (χ3n) is 5.22. The van der Waals surface area contributed by atoms with Crippen LogP contribution in [0.3, 0.4) is 0 Å². The molecule has 1 aromatic heterocycles. The van der Waals surface area contributed by atoms with Gasteiger partial charge in [0, 0.05) is 10.7 Å². The summed E-state index contributed by atoms with van der Waals surface area (Å²) in [6.45, 7) is 1.80. The van der Waals surface area contributed by atoms with E-state index in [9.17, 15) is 18.0 Å². The fourth-order valence-corrected chi connectivity index (χ4v) is 4.58. The largest absolute Gasteiger partial charge is 0.369 e. The normalized spacial score (nSPS) is 11.1. The summed E-state index contributed by atoms with van der Waals surface area (Å²) in [5, 5.41) is 6.19. The van der Waals surface area contributed by atoms with Gasteiger partial charge in [-0.15, -0.1) is 0 Å². The molecule has 0 spiro atoms. The Bertz CT molecular complexity index is 1650. The lowest BCUT2D eigenvalue weighted by Gasteiger charge is -2.17. The summed E-state index contributed by atoms with van der Waals surface area (Å²) in [4.78, 5) is 33.1. The molecule has 0 radical (unpaired) electrons. The second kappa shape index (κ2) is 11.7. The molecular formula is C26H21Cl2N5O5S. The number of nitrogens with two attached hydrogens (primary N) is 1. The molecule has 0 unspecified atom stereocenters. The van der Waals surface area contributed by atoms with Gasteiger partial charge < -0.3 is 20.6 Å². The van der Waals surface area contributed by atoms with Crippen molar-refractivity contribution in [2.75, 3.05) is 10.6 Å². The van der Waals surface area contributed by atoms with E-state index in [0.717, 1.165) is 5.56 Å². The van der Waals surface area contributed by atoms with E-state index < -0.39 is 34.2 Å². The van der Waals surface area contributed by atoms with Crippen molar-refractivity contribution in [1.82, 2.24) is 9.97 Å². The van der Waals surface area contributed by atoms with Gasteiger partial charge in [-0.05, 0) is 55.5 Å². The summed E-state index contributed by atoms with van der Waals surface area (Å²) >= 11 is 12.2. The predicted octanol–water partition coefficient (Wildman–Crippen LogP) is 4.88. The fraction of sp³-hybridized carbons (Fsp3) is 0.0769. The molecule has 0 aliphatic rings. The highest BCUT2D eigenvalue weighted by Crippen LogP contribution is 2.35. The Labute approximate surface area is 234 Å². The van der Waals surface area contributed by atoms with Gasteiger partial charge in [0.1, 0.15) is 16.4 Å². The molecule has 0 bridgehead atoms. The molecule has 3 aromatic carbocycles. The van der Waals surface area contributed by atoms with E-state index in [2.05, 4.69) is 20.6 Å². The lowest BCUT2D eigenvalue weighted by Crippen LogP contribution is -2.21. The minimum atomic E-state index is -4.43. The first kappa shape index (κ1) is 27.8. The number of amides is 2. The van der Waals surface area contributed by atoms with Crippen LogP contribution in [0.5, 0.6) is 5.88 Å². The number of hydrogen-bond donors (Lipinski definition) is 3. The maximum absolute atomic E-state index is 13.2. The zero-order valence-electron chi connectivity index (χ0n) is 20.3. The SMILES string of the molecule is Cc1ccc(S(=O)(=O)Oc2nc(CC(N)=O)nc(Nc3ccc(Cl)cc3)c2NC(=O)c2ccccc2Cl)cc1. The average molecular weight is 586 g/mol. The van der Waals surface area contributed by atoms with Crippen LogP contribution in [0.25, 0.3) is 0 Å². The summed E-state index contributed by atoms with van der Waals surface area (Å²) < 4.78 is 31.8. The predicted molar refractivity (Wildman–Crippen MR) is 148 cm³/mol. The van der Waals surface area contributed by atoms with Gasteiger partial charge in [-0.1, -0.05) is 53.0 Å². The Morgan fingerprint density at radius 1 is 0.949 bits per heavy atom. The standard InChI is InChI=1S/C26H21Cl2N5O5S/c1-15-6-12-18(13-7-15)39(36,37)38-26-23(33-25(35)19-4-2-3-5-20(19)28)24(31-22(32-26)14-21(29)34)30-17-10-8-16(27)9-11-17/h2-13H,14H2,1H3,(H2,29,34)(H,33,35)(H,30,31,32). The molecular weight excluding hydrogens is 565 g/mol. The molecule has 0 atom stereocenters. The van der Waals surface area contributed by atoms with Crippen LogP contribution in [0.1, 0.15) is 21.7 Å². The molecule has 2 amide bonds. The van der Waals surface area contributed by atoms with Crippen LogP contribution in [0, 0.1) is 6.92 Å². The second-order valence-electron chi connectivity index (χ2n) is 8.23. The maximum atomic E-state index is 13.2. The highest BCUT2D eigenvalue weighted by Gasteiger charge is 2.26. The van der Waals surface area contributed by atoms with Crippen LogP contribution < -0.4 is 20.6 Å². The number of carbonyl (C=O) groups is 2. The number of carbonyl (C=O) groups excluding carboxylic acids is 2. The number of benzene rings is 3. The van der Waals surface area contributed by atoms with Gasteiger partial charge >= 0.3 is 10.1 Å². The number of anilines is 3. The van der Waals surface area contributed by atoms with E-state index in [-0.39, 0.29) is 32.8 Å². The van der Waals surface area contributed by atoms with E-state index >= 15 is 0 Å². The Hall–Kier alpha value is -4.19. The quantitative estimate of drug-likeness (QED) is 0.235. The number of aromatic nitrogens is 2. The first-order valence-corrected chi connectivity index (χ1v) is 13.5. The van der Waals surface area contributed by atoms with Crippen molar-refractivity contribution >= 4 is 62.3 Å². The summed E-state index contributed by atoms with van der Waals surface area (Å²) in [6, 6.07) is 18.7. The molecule has 0 fully saturated rings. The van der Waals surface area contributed by atoms with Crippen LogP contribution >= 0.6 is 23.2 Å². The fourth-order valence-electron chi connectivity index (χ4n) is 3.34. The van der Waals surface area contributed by atoms with Crippen LogP contribution in [0.2, 0.25) is 10.0 Å². The van der Waals surface area contributed by atoms with Crippen molar-refractivity contribution in [3.63, 3.8) is 0 Å². The number of aryl methyl sites for hydroxylation is 1. The molecule has 1 heterocycles. The summed E-state index contributed by atoms with van der Waals surface area (Å²) in [7, 11) is -4.43. The smallest absolute Gasteiger partial charge is 0.340 e. The molecule has 10 nitrogen and oxygen atoms in total. The Kier molecular flexibility index (Phi) is 8.34. The zero-order valence-corrected chi connectivity index (χ0v) is 22.6. The average Bonchev–Trinajstić information content (AvgIpc) is 2.87. The topological polar surface area (TPSA) is 153 Å². The monoisotopic (exact) mass is 585 g/mol. The van der Waals surface area contributed by atoms with E-state index in [4.69, 9.17) is 33.1 Å². The first-order chi connectivity index (χ1) is 18.5. The molecule has 39 heavy (non-hydrogen) atoms. The van der Waals surface area contributed by atoms with Crippen molar-refractivity contribution in [2.24, 2.45) is 5.73 Å². The van der Waals surface area contributed by atoms with Crippen molar-refractivity contribution in [3.05, 3.63) is 99.8 Å². The summed E-state index contributed by atoms with van der Waals surface area (Å²) in [5.41, 5.74) is 6.53. The van der Waals surface area contributed by atoms with Crippen molar-refractivity contribution in [3.8, 4) is 5.88 Å². The van der Waals surface area contributed by atoms with Crippen LogP contribution in [0.15, 0.2) is 77.7 Å². The highest BCUT2D eigenvalue weighted by molar-refractivity contribution is 7.87. The number of primary amides is 1. The van der Waals surface area contributed by atoms with Crippen LogP contribution in [0.4, 0.5) is 17.2 Å². The Morgan fingerprint density at radius 2 is 1.62 bits per heavy atom. The summed E-state index contributed by atoms with van der Waals surface area (Å²) in [6.07, 6.45) is -0.436. The first-order valence-electron chi connectivity index (χ1n) is 11.3. The van der Waals surface area contributed by atoms with Crippen molar-refractivity contribution in [2.45, 2.75) is 18.2 Å². The third-order valence-corrected chi connectivity index (χ3v) is 7.03. The Morgan fingerprint density at radius 3 is 2.26 bits per heavy atom. The lowest BCUT2D eigenvalue weighted by molar-refractivity contribution is -0.117. The van der Waals surface area contributed by atoms with Crippen molar-refractivity contribution < 1.29 is 22.2 Å². The third kappa shape index (κ3) is 7.02. The van der Waals surface area contributed by atoms with E-state index in [1.807, 2.05) is 0 Å². The van der Waals surface area contributed by atoms with E-state index in [0.29, 0.717) is 10.7 Å². The van der Waals surface area contributed by atoms with Gasteiger partial charge in [0.05, 0.1) is 17.0 Å². The lowest BCUT2D eigenvalue weighted by atomic mass is 10.2. The molecule has 13 heteroatoms. The minimum Gasteiger partial charge on any atom is -0.369 e. The number of hydrogen-bond acceptors (Lipinski definition) is 8. The van der Waals surface area contributed by atoms with Gasteiger partial charge in [0.25, 0.3) is 11.8 Å². The maximum Gasteiger partial charge on any atom is 0.340 e. The molecule has 4 aromatic rings. The summed E-state index contributed by atoms with van der Waals surface area (Å²) in [5.74, 6) is -2.23. The zero-order chi connectivity index (χ0) is 28.2. The van der Waals surface area contributed by atoms with Gasteiger partial charge in [0.15, 0.2) is 5.82 Å². The van der Waals surface area contributed by atoms with Gasteiger partial charge in [-0.25, -0.2) is 4.98 Å². The number of rotatable bonds is 9. The van der Waals surface area contributed by atoms with E-state index in [1.165, 1.54) is 24.3 Å². The molecule has 0 aliphatic carbocycles. The number of halogens is 2. The van der Waals surface area contributed by atoms with Crippen LogP contribution in [-0.2, 0) is 21.3 Å². The molecule has 200 valence electrons. The molecule has 0 saturated carbocycles. The Balaban J connectivity index is 1.86. The van der Waals surface area contributed by atoms with E-state index in [1.54, 1.807) is 55.5 Å². The minimum absolute atomic E-state index is 0.0712.